The summed E-state index contributed by atoms with van der Waals surface area (Å²) in [5.74, 6) is -1.14. The van der Waals surface area contributed by atoms with Gasteiger partial charge >= 0.3 is 0 Å². The fourth-order valence-electron chi connectivity index (χ4n) is 6.96. The van der Waals surface area contributed by atoms with Crippen molar-refractivity contribution in [3.8, 4) is 23.4 Å². The molecule has 428 valence electrons. The number of hydrogen-bond acceptors (Lipinski definition) is 21. The normalized spacial score (nSPS) is 12.2. The number of azo groups is 3. The molecule has 0 aliphatic heterocycles. The van der Waals surface area contributed by atoms with Crippen LogP contribution < -0.4 is 20.9 Å². The van der Waals surface area contributed by atoms with Crippen LogP contribution in [0.4, 0.5) is 45.5 Å². The van der Waals surface area contributed by atoms with Gasteiger partial charge in [-0.15, -0.1) is 20.5 Å². The lowest BCUT2D eigenvalue weighted by Crippen LogP contribution is -2.06. The van der Waals surface area contributed by atoms with E-state index in [-0.39, 0.29) is 118 Å². The van der Waals surface area contributed by atoms with Crippen molar-refractivity contribution in [2.24, 2.45) is 30.7 Å². The monoisotopic (exact) mass is 1180 g/mol. The Labute approximate surface area is 463 Å². The average molecular weight is 1180 g/mol. The van der Waals surface area contributed by atoms with Gasteiger partial charge in [-0.05, 0) is 131 Å². The molecule has 0 fully saturated rings. The van der Waals surface area contributed by atoms with Gasteiger partial charge in [0.2, 0.25) is 5.88 Å². The van der Waals surface area contributed by atoms with Crippen molar-refractivity contribution in [3.05, 3.63) is 113 Å². The van der Waals surface area contributed by atoms with E-state index >= 15 is 0 Å². The van der Waals surface area contributed by atoms with Crippen LogP contribution in [0.5, 0.6) is 17.4 Å². The Hall–Kier alpha value is -8.02. The van der Waals surface area contributed by atoms with Crippen molar-refractivity contribution in [1.29, 1.82) is 5.26 Å². The highest BCUT2D eigenvalue weighted by Gasteiger charge is 2.23. The van der Waals surface area contributed by atoms with Gasteiger partial charge in [-0.1, -0.05) is 26.5 Å². The molecule has 6 rings (SSSR count). The number of nitrogen functional groups attached to an aromatic ring is 2. The van der Waals surface area contributed by atoms with E-state index in [1.54, 1.807) is 52.0 Å². The molecule has 0 unspecified atom stereocenters. The van der Waals surface area contributed by atoms with Gasteiger partial charge in [-0.2, -0.15) is 49.2 Å². The van der Waals surface area contributed by atoms with E-state index in [0.29, 0.717) is 28.2 Å². The summed E-state index contributed by atoms with van der Waals surface area (Å²) < 4.78 is 140. The number of benzene rings is 4. The molecule has 2 aromatic heterocycles. The SMILES string of the molecule is C=Cc1nc2c(C#N)c(C)c(N=Nc3cc(C)c(N=Nc4cc(C)c(N=Nc5ccc(N)cc5S(=O)(=O)O)cc4OCCCCS(=O)(=O)O)cc3OCCCCS(=O)(=O)O)c(O)n2c1/C=C\C.CC.Nc1ccc(S(=O)(=O)O)cc1. The number of nitriles is 1. The smallest absolute Gasteiger partial charge is 0.296 e. The van der Waals surface area contributed by atoms with Crippen LogP contribution in [0.25, 0.3) is 17.8 Å². The van der Waals surface area contributed by atoms with E-state index in [4.69, 9.17) is 30.0 Å². The summed E-state index contributed by atoms with van der Waals surface area (Å²) in [6, 6.07) is 17.1. The Kier molecular flexibility index (Phi) is 22.8. The number of nitrogens with zero attached hydrogens (tertiary/aromatic N) is 9. The molecule has 26 nitrogen and oxygen atoms in total. The zero-order chi connectivity index (χ0) is 59.8. The van der Waals surface area contributed by atoms with Crippen LogP contribution in [0, 0.1) is 32.1 Å². The molecule has 30 heteroatoms. The van der Waals surface area contributed by atoms with Crippen LogP contribution in [0.3, 0.4) is 0 Å². The van der Waals surface area contributed by atoms with Crippen LogP contribution >= 0.6 is 0 Å². The van der Waals surface area contributed by atoms with Gasteiger partial charge in [0.1, 0.15) is 45.1 Å². The maximum absolute atomic E-state index is 12.0. The molecule has 4 aromatic carbocycles. The largest absolute Gasteiger partial charge is 0.493 e. The minimum atomic E-state index is -4.73. The molecule has 0 bridgehead atoms. The summed E-state index contributed by atoms with van der Waals surface area (Å²) in [6.07, 6.45) is 5.44. The second kappa shape index (κ2) is 28.2. The number of aromatic hydroxyl groups is 1. The van der Waals surface area contributed by atoms with Gasteiger partial charge in [-0.3, -0.25) is 22.6 Å². The zero-order valence-corrected chi connectivity index (χ0v) is 47.3. The number of aryl methyl sites for hydroxylation is 2. The number of unbranched alkanes of at least 4 members (excludes halogenated alkanes) is 2. The van der Waals surface area contributed by atoms with Crippen LogP contribution in [0.1, 0.15) is 80.1 Å². The Balaban J connectivity index is 0.000000935. The molecule has 6 aromatic rings. The highest BCUT2D eigenvalue weighted by molar-refractivity contribution is 7.86. The predicted octanol–water partition coefficient (Wildman–Crippen LogP) is 11.2. The molecule has 0 radical (unpaired) electrons. The summed E-state index contributed by atoms with van der Waals surface area (Å²) in [6.45, 7) is 14.4. The molecule has 80 heavy (non-hydrogen) atoms. The first-order valence-corrected chi connectivity index (χ1v) is 30.0. The first-order chi connectivity index (χ1) is 37.5. The van der Waals surface area contributed by atoms with E-state index in [9.17, 15) is 53.1 Å². The van der Waals surface area contributed by atoms with Crippen LogP contribution in [-0.2, 0) is 40.5 Å². The number of aromatic nitrogens is 2. The number of rotatable bonds is 22. The molecule has 0 aliphatic rings. The van der Waals surface area contributed by atoms with Gasteiger partial charge < -0.3 is 26.0 Å². The van der Waals surface area contributed by atoms with Crippen molar-refractivity contribution < 1.29 is 66.5 Å². The third-order valence-corrected chi connectivity index (χ3v) is 14.2. The lowest BCUT2D eigenvalue weighted by atomic mass is 10.1. The number of ether oxygens (including phenoxy) is 2. The summed E-state index contributed by atoms with van der Waals surface area (Å²) in [5.41, 5.74) is 14.5. The zero-order valence-electron chi connectivity index (χ0n) is 44.1. The number of pyridine rings is 1. The maximum atomic E-state index is 12.0. The van der Waals surface area contributed by atoms with Gasteiger partial charge in [0.15, 0.2) is 11.3 Å². The summed E-state index contributed by atoms with van der Waals surface area (Å²) in [5, 5.41) is 47.5. The Morgan fingerprint density at radius 1 is 0.662 bits per heavy atom. The minimum absolute atomic E-state index is 0.0363. The average Bonchev–Trinajstić information content (AvgIpc) is 3.80. The lowest BCUT2D eigenvalue weighted by Gasteiger charge is -2.13. The number of imidazole rings is 1. The Bertz CT molecular complexity index is 3880. The predicted molar refractivity (Wildman–Crippen MR) is 301 cm³/mol. The van der Waals surface area contributed by atoms with Gasteiger partial charge in [0.25, 0.3) is 40.5 Å². The number of allylic oxidation sites excluding steroid dienone is 1. The standard InChI is InChI=1S/C42H46N10O12S3.C6H7NO3S.C2H6/c1-6-12-36-30(7-2)45-41-29(24-43)27(5)40(42(53)52(36)41)51-50-35-20-26(4)33(23-38(35)64-16-9-11-18-66(57,58)59)48-49-34-19-25(3)32(22-37(34)63-15-8-10-17-65(54,55)56)47-46-31-14-13-28(44)21-39(31)67(60,61)62;7-5-1-3-6(4-2-5)11(8,9)10;1-2/h6-7,12-14,19-23,53H,2,8-11,15-18,44H2,1,3-5H3,(H,54,55,56)(H,57,58,59)(H,60,61,62);1-4H,7H2,(H,8,9,10);1-2H3/b12-6-,47-46?,49-48?,51-50?;;. The fraction of sp³-hybridized carbons (Fsp3) is 0.280. The molecule has 0 amide bonds. The summed E-state index contributed by atoms with van der Waals surface area (Å²) in [4.78, 5) is 3.77. The fourth-order valence-corrected chi connectivity index (χ4v) is 9.23. The summed E-state index contributed by atoms with van der Waals surface area (Å²) in [7, 11) is -17.2. The summed E-state index contributed by atoms with van der Waals surface area (Å²) >= 11 is 0. The van der Waals surface area contributed by atoms with E-state index in [1.165, 1.54) is 59.0 Å². The molecule has 0 saturated carbocycles. The van der Waals surface area contributed by atoms with Crippen molar-refractivity contribution in [1.82, 2.24) is 9.38 Å². The topological polar surface area (TPSA) is 423 Å². The molecule has 2 heterocycles. The van der Waals surface area contributed by atoms with Crippen molar-refractivity contribution in [2.75, 3.05) is 36.2 Å². The van der Waals surface area contributed by atoms with Crippen molar-refractivity contribution >= 4 is 104 Å². The molecule has 9 N–H and O–H groups in total. The van der Waals surface area contributed by atoms with Crippen LogP contribution in [-0.4, -0.2) is 91.1 Å². The molecular formula is C50H59N11O15S4. The molecular weight excluding hydrogens is 1120 g/mol. The molecule has 0 atom stereocenters. The Morgan fingerprint density at radius 3 is 1.59 bits per heavy atom. The van der Waals surface area contributed by atoms with E-state index in [2.05, 4.69) is 48.3 Å². The molecule has 0 spiro atoms. The number of hydrogen-bond donors (Lipinski definition) is 7. The van der Waals surface area contributed by atoms with Gasteiger partial charge in [0.05, 0.1) is 52.4 Å². The van der Waals surface area contributed by atoms with Gasteiger partial charge in [-0.25, -0.2) is 4.98 Å². The highest BCUT2D eigenvalue weighted by Crippen LogP contribution is 2.43. The third-order valence-electron chi connectivity index (χ3n) is 10.8. The highest BCUT2D eigenvalue weighted by atomic mass is 32.2. The molecule has 0 saturated heterocycles. The van der Waals surface area contributed by atoms with Gasteiger partial charge in [0, 0.05) is 29.1 Å². The second-order valence-corrected chi connectivity index (χ2v) is 22.7. The molecule has 0 aliphatic carbocycles. The third kappa shape index (κ3) is 18.3. The van der Waals surface area contributed by atoms with E-state index in [1.807, 2.05) is 13.8 Å². The van der Waals surface area contributed by atoms with Crippen LogP contribution in [0.2, 0.25) is 0 Å². The van der Waals surface area contributed by atoms with E-state index in [0.717, 1.165) is 6.07 Å². The first kappa shape index (κ1) is 64.5. The quantitative estimate of drug-likeness (QED) is 0.0144. The van der Waals surface area contributed by atoms with Crippen molar-refractivity contribution in [2.45, 2.75) is 77.0 Å². The Morgan fingerprint density at radius 2 is 1.14 bits per heavy atom. The number of anilines is 2. The van der Waals surface area contributed by atoms with Crippen molar-refractivity contribution in [3.63, 3.8) is 0 Å². The maximum Gasteiger partial charge on any atom is 0.296 e. The first-order valence-electron chi connectivity index (χ1n) is 23.9. The van der Waals surface area contributed by atoms with E-state index < -0.39 is 56.9 Å². The van der Waals surface area contributed by atoms with Crippen LogP contribution in [0.15, 0.2) is 120 Å². The number of fused-ring (bicyclic) bond motifs is 1. The second-order valence-electron chi connectivity index (χ2n) is 16.8. The minimum Gasteiger partial charge on any atom is -0.493 e. The number of nitrogens with two attached hydrogens (primary N) is 2. The lowest BCUT2D eigenvalue weighted by molar-refractivity contribution is 0.310.